The molecule has 1 aliphatic carbocycles. The van der Waals surface area contributed by atoms with Gasteiger partial charge in [-0.1, -0.05) is 49.4 Å². The summed E-state index contributed by atoms with van der Waals surface area (Å²) < 4.78 is 6.89. The lowest BCUT2D eigenvalue weighted by molar-refractivity contribution is 0.783. The van der Waals surface area contributed by atoms with Crippen molar-refractivity contribution in [3.63, 3.8) is 0 Å². The zero-order chi connectivity index (χ0) is 26.1. The van der Waals surface area contributed by atoms with Crippen LogP contribution in [0.4, 0.5) is 0 Å². The molecule has 1 unspecified atom stereocenters. The van der Waals surface area contributed by atoms with Gasteiger partial charge in [0.15, 0.2) is 0 Å². The SMILES string of the molecule is CC1CC=Cc2sc3cc4c(cc3c21)c1cc2sc3ccccc3c2cc1c1cc2sc3ccccc3c2cc41. The second-order valence-electron chi connectivity index (χ2n) is 11.3. The summed E-state index contributed by atoms with van der Waals surface area (Å²) >= 11 is 5.80. The molecule has 6 aromatic carbocycles. The zero-order valence-corrected chi connectivity index (χ0v) is 24.2. The summed E-state index contributed by atoms with van der Waals surface area (Å²) in [5.41, 5.74) is 1.54. The molecule has 3 heteroatoms. The Morgan fingerprint density at radius 1 is 0.475 bits per heavy atom. The highest BCUT2D eigenvalue weighted by molar-refractivity contribution is 7.26. The summed E-state index contributed by atoms with van der Waals surface area (Å²) in [5, 5.41) is 15.2. The third-order valence-electron chi connectivity index (χ3n) is 9.05. The minimum Gasteiger partial charge on any atom is -0.136 e. The topological polar surface area (TPSA) is 0 Å². The van der Waals surface area contributed by atoms with E-state index in [1.54, 1.807) is 5.56 Å². The van der Waals surface area contributed by atoms with Crippen molar-refractivity contribution in [3.8, 4) is 0 Å². The van der Waals surface area contributed by atoms with Crippen LogP contribution in [-0.2, 0) is 0 Å². The van der Waals surface area contributed by atoms with Crippen molar-refractivity contribution in [2.45, 2.75) is 19.3 Å². The quantitative estimate of drug-likeness (QED) is 0.161. The van der Waals surface area contributed by atoms with Crippen molar-refractivity contribution in [3.05, 3.63) is 101 Å². The van der Waals surface area contributed by atoms with Gasteiger partial charge in [-0.3, -0.25) is 0 Å². The van der Waals surface area contributed by atoms with Crippen LogP contribution in [0.2, 0.25) is 0 Å². The molecule has 0 N–H and O–H groups in total. The van der Waals surface area contributed by atoms with Crippen molar-refractivity contribution >= 4 is 123 Å². The number of allylic oxidation sites excluding steroid dienone is 1. The lowest BCUT2D eigenvalue weighted by Gasteiger charge is -2.15. The van der Waals surface area contributed by atoms with Gasteiger partial charge in [0.25, 0.3) is 0 Å². The average Bonchev–Trinajstić information content (AvgIpc) is 3.65. The van der Waals surface area contributed by atoms with Crippen LogP contribution in [0.15, 0.2) is 91.0 Å². The summed E-state index contributed by atoms with van der Waals surface area (Å²) in [5.74, 6) is 0.559. The van der Waals surface area contributed by atoms with E-state index in [1.807, 2.05) is 34.0 Å². The van der Waals surface area contributed by atoms with Crippen LogP contribution in [0.5, 0.6) is 0 Å². The largest absolute Gasteiger partial charge is 0.136 e. The van der Waals surface area contributed by atoms with Crippen LogP contribution >= 0.6 is 34.0 Å². The van der Waals surface area contributed by atoms with E-state index in [0.29, 0.717) is 5.92 Å². The molecule has 1 atom stereocenters. The molecule has 3 aromatic heterocycles. The van der Waals surface area contributed by atoms with Gasteiger partial charge < -0.3 is 0 Å². The molecule has 0 saturated heterocycles. The first-order valence-electron chi connectivity index (χ1n) is 13.9. The minimum atomic E-state index is 0.559. The van der Waals surface area contributed by atoms with Crippen LogP contribution in [0.1, 0.15) is 29.7 Å². The number of benzene rings is 6. The summed E-state index contributed by atoms with van der Waals surface area (Å²) in [6.07, 6.45) is 5.83. The molecule has 0 saturated carbocycles. The first-order chi connectivity index (χ1) is 19.7. The maximum atomic E-state index is 2.53. The average molecular weight is 563 g/mol. The predicted octanol–water partition coefficient (Wildman–Crippen LogP) is 12.6. The van der Waals surface area contributed by atoms with E-state index in [-0.39, 0.29) is 0 Å². The molecule has 0 aliphatic heterocycles. The van der Waals surface area contributed by atoms with Gasteiger partial charge >= 0.3 is 0 Å². The van der Waals surface area contributed by atoms with Crippen LogP contribution in [0.3, 0.4) is 0 Å². The van der Waals surface area contributed by atoms with E-state index in [4.69, 9.17) is 0 Å². The molecule has 188 valence electrons. The molecular formula is C37H22S3. The summed E-state index contributed by atoms with van der Waals surface area (Å²) in [4.78, 5) is 1.44. The molecule has 40 heavy (non-hydrogen) atoms. The van der Waals surface area contributed by atoms with E-state index in [9.17, 15) is 0 Å². The van der Waals surface area contributed by atoms with Crippen LogP contribution in [0.25, 0.3) is 88.8 Å². The van der Waals surface area contributed by atoms with Gasteiger partial charge in [0.05, 0.1) is 0 Å². The molecule has 1 aliphatic rings. The highest BCUT2D eigenvalue weighted by Crippen LogP contribution is 2.48. The van der Waals surface area contributed by atoms with Gasteiger partial charge in [-0.15, -0.1) is 34.0 Å². The first-order valence-corrected chi connectivity index (χ1v) is 16.3. The lowest BCUT2D eigenvalue weighted by Crippen LogP contribution is -1.96. The molecule has 0 bridgehead atoms. The van der Waals surface area contributed by atoms with E-state index in [0.717, 1.165) is 6.42 Å². The van der Waals surface area contributed by atoms with Gasteiger partial charge in [-0.05, 0) is 110 Å². The number of hydrogen-bond donors (Lipinski definition) is 0. The molecule has 3 heterocycles. The highest BCUT2D eigenvalue weighted by Gasteiger charge is 2.21. The second-order valence-corrected chi connectivity index (χ2v) is 14.5. The molecule has 10 rings (SSSR count). The van der Waals surface area contributed by atoms with Gasteiger partial charge in [0.2, 0.25) is 0 Å². The minimum absolute atomic E-state index is 0.559. The Balaban J connectivity index is 1.47. The summed E-state index contributed by atoms with van der Waals surface area (Å²) in [6.45, 7) is 2.39. The second kappa shape index (κ2) is 7.70. The fourth-order valence-electron chi connectivity index (χ4n) is 7.19. The van der Waals surface area contributed by atoms with E-state index in [1.165, 1.54) is 87.6 Å². The zero-order valence-electron chi connectivity index (χ0n) is 21.7. The molecule has 0 radical (unpaired) electrons. The third kappa shape index (κ3) is 2.80. The summed E-state index contributed by atoms with van der Waals surface area (Å²) in [7, 11) is 0. The third-order valence-corrected chi connectivity index (χ3v) is 12.5. The van der Waals surface area contributed by atoms with E-state index < -0.39 is 0 Å². The number of rotatable bonds is 0. The Hall–Kier alpha value is -3.76. The fraction of sp³-hybridized carbons (Fsp3) is 0.0811. The Morgan fingerprint density at radius 2 is 0.950 bits per heavy atom. The van der Waals surface area contributed by atoms with Crippen molar-refractivity contribution in [1.82, 2.24) is 0 Å². The Labute approximate surface area is 242 Å². The van der Waals surface area contributed by atoms with E-state index >= 15 is 0 Å². The van der Waals surface area contributed by atoms with Gasteiger partial charge in [-0.2, -0.15) is 0 Å². The maximum Gasteiger partial charge on any atom is 0.0362 e. The van der Waals surface area contributed by atoms with Crippen molar-refractivity contribution in [2.24, 2.45) is 0 Å². The molecular weight excluding hydrogens is 541 g/mol. The van der Waals surface area contributed by atoms with Gasteiger partial charge in [-0.25, -0.2) is 0 Å². The van der Waals surface area contributed by atoms with Crippen molar-refractivity contribution in [2.75, 3.05) is 0 Å². The molecule has 9 aromatic rings. The number of thiophene rings is 3. The van der Waals surface area contributed by atoms with Gasteiger partial charge in [0.1, 0.15) is 0 Å². The first kappa shape index (κ1) is 22.0. The Bertz CT molecular complexity index is 2580. The fourth-order valence-corrected chi connectivity index (χ4v) is 10.7. The standard InChI is InChI=1S/C37H22S3/c1-19-7-6-12-33-37(19)30-15-24-26-17-35-28(20-8-2-5-11-32(20)39-35)13-22(26)25-16-34-29(21-9-3-4-10-31(21)38-34)14-23(25)27(24)18-36(30)40-33/h2-6,8-19H,7H2,1H3. The molecule has 0 nitrogen and oxygen atoms in total. The smallest absolute Gasteiger partial charge is 0.0362 e. The lowest BCUT2D eigenvalue weighted by atomic mass is 9.88. The normalized spacial score (nSPS) is 15.7. The van der Waals surface area contributed by atoms with Crippen LogP contribution < -0.4 is 0 Å². The highest BCUT2D eigenvalue weighted by atomic mass is 32.1. The Kier molecular flexibility index (Phi) is 4.23. The van der Waals surface area contributed by atoms with Crippen molar-refractivity contribution < 1.29 is 0 Å². The number of hydrogen-bond acceptors (Lipinski definition) is 3. The van der Waals surface area contributed by atoms with Crippen LogP contribution in [0, 0.1) is 0 Å². The van der Waals surface area contributed by atoms with Crippen molar-refractivity contribution in [1.29, 1.82) is 0 Å². The monoisotopic (exact) mass is 562 g/mol. The molecule has 0 spiro atoms. The van der Waals surface area contributed by atoms with Crippen LogP contribution in [-0.4, -0.2) is 0 Å². The molecule has 0 fully saturated rings. The molecule has 0 amide bonds. The maximum absolute atomic E-state index is 2.53. The predicted molar refractivity (Wildman–Crippen MR) is 182 cm³/mol. The van der Waals surface area contributed by atoms with E-state index in [2.05, 4.69) is 104 Å². The number of fused-ring (bicyclic) bond motifs is 15. The van der Waals surface area contributed by atoms with Gasteiger partial charge in [0, 0.05) is 49.9 Å². The Morgan fingerprint density at radius 3 is 1.52 bits per heavy atom. The summed E-state index contributed by atoms with van der Waals surface area (Å²) in [6, 6.07) is 32.7.